The summed E-state index contributed by atoms with van der Waals surface area (Å²) in [6.45, 7) is 3.62. The standard InChI is InChI=1S/C16H19NO3/c1-11(17-8-4-6-13(10-17)16(18)19)15-9-12-5-2-3-7-14(12)20-15/h2-3,5,7,9,11,13H,4,6,8,10H2,1H3,(H,18,19). The molecule has 0 saturated carbocycles. The van der Waals surface area contributed by atoms with Gasteiger partial charge in [-0.2, -0.15) is 0 Å². The molecule has 0 bridgehead atoms. The van der Waals surface area contributed by atoms with Gasteiger partial charge in [-0.25, -0.2) is 0 Å². The number of hydrogen-bond acceptors (Lipinski definition) is 3. The summed E-state index contributed by atoms with van der Waals surface area (Å²) >= 11 is 0. The van der Waals surface area contributed by atoms with Gasteiger partial charge in [0.1, 0.15) is 11.3 Å². The summed E-state index contributed by atoms with van der Waals surface area (Å²) in [5, 5.41) is 10.3. The Morgan fingerprint density at radius 1 is 1.45 bits per heavy atom. The number of furan rings is 1. The SMILES string of the molecule is CC(c1cc2ccccc2o1)N1CCCC(C(=O)O)C1. The summed E-state index contributed by atoms with van der Waals surface area (Å²) in [4.78, 5) is 13.4. The molecule has 0 spiro atoms. The highest BCUT2D eigenvalue weighted by Crippen LogP contribution is 2.30. The molecule has 0 radical (unpaired) electrons. The van der Waals surface area contributed by atoms with Crippen LogP contribution < -0.4 is 0 Å². The van der Waals surface area contributed by atoms with E-state index in [0.717, 1.165) is 36.1 Å². The molecule has 3 rings (SSSR count). The van der Waals surface area contributed by atoms with Crippen LogP contribution in [0.2, 0.25) is 0 Å². The first-order chi connectivity index (χ1) is 9.65. The van der Waals surface area contributed by atoms with Crippen LogP contribution in [0.4, 0.5) is 0 Å². The Bertz CT molecular complexity index is 586. The van der Waals surface area contributed by atoms with E-state index in [-0.39, 0.29) is 12.0 Å². The molecule has 0 amide bonds. The molecule has 2 aromatic rings. The Kier molecular flexibility index (Phi) is 3.49. The minimum atomic E-state index is -0.688. The van der Waals surface area contributed by atoms with Gasteiger partial charge in [0.05, 0.1) is 12.0 Å². The van der Waals surface area contributed by atoms with Crippen LogP contribution in [0.1, 0.15) is 31.6 Å². The molecule has 2 heterocycles. The van der Waals surface area contributed by atoms with E-state index in [0.29, 0.717) is 6.54 Å². The maximum absolute atomic E-state index is 11.1. The largest absolute Gasteiger partial charge is 0.481 e. The minimum absolute atomic E-state index is 0.115. The lowest BCUT2D eigenvalue weighted by atomic mass is 9.96. The number of para-hydroxylation sites is 1. The quantitative estimate of drug-likeness (QED) is 0.932. The van der Waals surface area contributed by atoms with Gasteiger partial charge in [0.25, 0.3) is 0 Å². The zero-order chi connectivity index (χ0) is 14.1. The molecule has 1 fully saturated rings. The van der Waals surface area contributed by atoms with Crippen LogP contribution in [0.15, 0.2) is 34.7 Å². The number of carboxylic acid groups (broad SMARTS) is 1. The van der Waals surface area contributed by atoms with Gasteiger partial charge in [0.2, 0.25) is 0 Å². The average molecular weight is 273 g/mol. The van der Waals surface area contributed by atoms with Crippen molar-refractivity contribution in [1.82, 2.24) is 4.90 Å². The Morgan fingerprint density at radius 2 is 2.25 bits per heavy atom. The first kappa shape index (κ1) is 13.2. The maximum atomic E-state index is 11.1. The van der Waals surface area contributed by atoms with Gasteiger partial charge in [-0.3, -0.25) is 9.69 Å². The van der Waals surface area contributed by atoms with Crippen LogP contribution in [-0.4, -0.2) is 29.1 Å². The van der Waals surface area contributed by atoms with E-state index < -0.39 is 5.97 Å². The number of hydrogen-bond donors (Lipinski definition) is 1. The number of carbonyl (C=O) groups is 1. The minimum Gasteiger partial charge on any atom is -0.481 e. The molecule has 1 aromatic heterocycles. The summed E-state index contributed by atoms with van der Waals surface area (Å²) in [6, 6.07) is 10.1. The lowest BCUT2D eigenvalue weighted by Crippen LogP contribution is -2.39. The van der Waals surface area contributed by atoms with Crippen LogP contribution in [0.5, 0.6) is 0 Å². The molecule has 4 nitrogen and oxygen atoms in total. The highest BCUT2D eigenvalue weighted by Gasteiger charge is 2.29. The second-order valence-corrected chi connectivity index (χ2v) is 5.53. The summed E-state index contributed by atoms with van der Waals surface area (Å²) in [5.74, 6) is -0.0284. The van der Waals surface area contributed by atoms with Crippen molar-refractivity contribution in [2.24, 2.45) is 5.92 Å². The molecule has 1 aliphatic heterocycles. The van der Waals surface area contributed by atoms with Crippen molar-refractivity contribution >= 4 is 16.9 Å². The predicted octanol–water partition coefficient (Wildman–Crippen LogP) is 3.29. The lowest BCUT2D eigenvalue weighted by molar-refractivity contribution is -0.144. The van der Waals surface area contributed by atoms with Crippen molar-refractivity contribution in [3.63, 3.8) is 0 Å². The summed E-state index contributed by atoms with van der Waals surface area (Å²) < 4.78 is 5.89. The molecule has 1 aromatic carbocycles. The number of fused-ring (bicyclic) bond motifs is 1. The molecule has 4 heteroatoms. The molecule has 1 saturated heterocycles. The van der Waals surface area contributed by atoms with Crippen LogP contribution >= 0.6 is 0 Å². The van der Waals surface area contributed by atoms with Crippen molar-refractivity contribution in [2.75, 3.05) is 13.1 Å². The van der Waals surface area contributed by atoms with E-state index in [2.05, 4.69) is 17.9 Å². The number of aliphatic carboxylic acids is 1. The number of benzene rings is 1. The highest BCUT2D eigenvalue weighted by molar-refractivity contribution is 5.77. The van der Waals surface area contributed by atoms with Crippen molar-refractivity contribution < 1.29 is 14.3 Å². The highest BCUT2D eigenvalue weighted by atomic mass is 16.4. The Balaban J connectivity index is 1.80. The lowest BCUT2D eigenvalue weighted by Gasteiger charge is -2.34. The Hall–Kier alpha value is -1.81. The molecular formula is C16H19NO3. The molecule has 106 valence electrons. The topological polar surface area (TPSA) is 53.7 Å². The van der Waals surface area contributed by atoms with Gasteiger partial charge in [0, 0.05) is 11.9 Å². The Morgan fingerprint density at radius 3 is 3.00 bits per heavy atom. The van der Waals surface area contributed by atoms with Crippen molar-refractivity contribution in [1.29, 1.82) is 0 Å². The number of carboxylic acids is 1. The number of nitrogens with zero attached hydrogens (tertiary/aromatic N) is 1. The van der Waals surface area contributed by atoms with E-state index in [4.69, 9.17) is 4.42 Å². The van der Waals surface area contributed by atoms with E-state index >= 15 is 0 Å². The normalized spacial score (nSPS) is 21.9. The third kappa shape index (κ3) is 2.43. The number of likely N-dealkylation sites (tertiary alicyclic amines) is 1. The summed E-state index contributed by atoms with van der Waals surface area (Å²) in [5.41, 5.74) is 0.890. The van der Waals surface area contributed by atoms with E-state index in [1.807, 2.05) is 24.3 Å². The van der Waals surface area contributed by atoms with E-state index in [1.165, 1.54) is 0 Å². The maximum Gasteiger partial charge on any atom is 0.307 e. The van der Waals surface area contributed by atoms with E-state index in [9.17, 15) is 9.90 Å². The molecule has 20 heavy (non-hydrogen) atoms. The third-order valence-electron chi connectivity index (χ3n) is 4.21. The molecule has 2 unspecified atom stereocenters. The second-order valence-electron chi connectivity index (χ2n) is 5.53. The first-order valence-corrected chi connectivity index (χ1v) is 7.10. The second kappa shape index (κ2) is 5.29. The van der Waals surface area contributed by atoms with Gasteiger partial charge in [0.15, 0.2) is 0 Å². The van der Waals surface area contributed by atoms with Crippen LogP contribution in [0, 0.1) is 5.92 Å². The molecule has 2 atom stereocenters. The molecule has 0 aliphatic carbocycles. The van der Waals surface area contributed by atoms with Gasteiger partial charge in [-0.15, -0.1) is 0 Å². The fourth-order valence-electron chi connectivity index (χ4n) is 2.95. The summed E-state index contributed by atoms with van der Waals surface area (Å²) in [7, 11) is 0. The van der Waals surface area contributed by atoms with Crippen LogP contribution in [0.25, 0.3) is 11.0 Å². The van der Waals surface area contributed by atoms with Crippen molar-refractivity contribution in [2.45, 2.75) is 25.8 Å². The zero-order valence-electron chi connectivity index (χ0n) is 11.6. The summed E-state index contributed by atoms with van der Waals surface area (Å²) in [6.07, 6.45) is 1.71. The van der Waals surface area contributed by atoms with Crippen LogP contribution in [-0.2, 0) is 4.79 Å². The third-order valence-corrected chi connectivity index (χ3v) is 4.21. The van der Waals surface area contributed by atoms with Crippen LogP contribution in [0.3, 0.4) is 0 Å². The van der Waals surface area contributed by atoms with Gasteiger partial charge in [-0.1, -0.05) is 18.2 Å². The van der Waals surface area contributed by atoms with Gasteiger partial charge < -0.3 is 9.52 Å². The zero-order valence-corrected chi connectivity index (χ0v) is 11.6. The molecular weight excluding hydrogens is 254 g/mol. The van der Waals surface area contributed by atoms with Crippen molar-refractivity contribution in [3.8, 4) is 0 Å². The fourth-order valence-corrected chi connectivity index (χ4v) is 2.95. The monoisotopic (exact) mass is 273 g/mol. The predicted molar refractivity (Wildman–Crippen MR) is 76.6 cm³/mol. The Labute approximate surface area is 118 Å². The van der Waals surface area contributed by atoms with Gasteiger partial charge >= 0.3 is 5.97 Å². The van der Waals surface area contributed by atoms with Crippen molar-refractivity contribution in [3.05, 3.63) is 36.1 Å². The van der Waals surface area contributed by atoms with Gasteiger partial charge in [-0.05, 0) is 38.4 Å². The molecule has 1 aliphatic rings. The smallest absolute Gasteiger partial charge is 0.307 e. The number of piperidine rings is 1. The first-order valence-electron chi connectivity index (χ1n) is 7.10. The fraction of sp³-hybridized carbons (Fsp3) is 0.438. The number of rotatable bonds is 3. The molecule has 1 N–H and O–H groups in total. The average Bonchev–Trinajstić information content (AvgIpc) is 2.90. The van der Waals surface area contributed by atoms with E-state index in [1.54, 1.807) is 0 Å².